The van der Waals surface area contributed by atoms with Crippen molar-refractivity contribution in [2.75, 3.05) is 17.0 Å². The molecule has 2 rings (SSSR count). The SMILES string of the molecule is CSc1ccc(NC(=O)c2cc(C)ccc2NN)cc1. The Hall–Kier alpha value is -1.98. The molecule has 0 heterocycles. The molecule has 0 radical (unpaired) electrons. The standard InChI is InChI=1S/C15H17N3OS/c1-10-3-8-14(18-16)13(9-10)15(19)17-11-4-6-12(20-2)7-5-11/h3-9,18H,16H2,1-2H3,(H,17,19). The van der Waals surface area contributed by atoms with Gasteiger partial charge in [0.15, 0.2) is 0 Å². The third-order valence-electron chi connectivity index (χ3n) is 2.92. The summed E-state index contributed by atoms with van der Waals surface area (Å²) in [7, 11) is 0. The first-order valence-corrected chi connectivity index (χ1v) is 7.39. The number of hydrogen-bond donors (Lipinski definition) is 3. The largest absolute Gasteiger partial charge is 0.323 e. The van der Waals surface area contributed by atoms with Crippen LogP contribution in [0.4, 0.5) is 11.4 Å². The second kappa shape index (κ2) is 6.45. The zero-order valence-corrected chi connectivity index (χ0v) is 12.3. The van der Waals surface area contributed by atoms with E-state index in [0.29, 0.717) is 11.3 Å². The lowest BCUT2D eigenvalue weighted by atomic mass is 10.1. The van der Waals surface area contributed by atoms with Crippen molar-refractivity contribution in [2.24, 2.45) is 5.84 Å². The second-order valence-corrected chi connectivity index (χ2v) is 5.26. The van der Waals surface area contributed by atoms with E-state index in [2.05, 4.69) is 10.7 Å². The second-order valence-electron chi connectivity index (χ2n) is 4.38. The summed E-state index contributed by atoms with van der Waals surface area (Å²) in [6.07, 6.45) is 2.01. The fraction of sp³-hybridized carbons (Fsp3) is 0.133. The van der Waals surface area contributed by atoms with Crippen LogP contribution in [0.1, 0.15) is 15.9 Å². The average Bonchev–Trinajstić information content (AvgIpc) is 2.48. The Bertz CT molecular complexity index is 611. The molecule has 20 heavy (non-hydrogen) atoms. The van der Waals surface area contributed by atoms with Crippen LogP contribution in [0, 0.1) is 6.92 Å². The lowest BCUT2D eigenvalue weighted by Crippen LogP contribution is -2.17. The van der Waals surface area contributed by atoms with Crippen molar-refractivity contribution in [3.05, 3.63) is 53.6 Å². The van der Waals surface area contributed by atoms with Crippen LogP contribution in [0.25, 0.3) is 0 Å². The zero-order chi connectivity index (χ0) is 14.5. The van der Waals surface area contributed by atoms with Crippen LogP contribution in [0.2, 0.25) is 0 Å². The minimum Gasteiger partial charge on any atom is -0.323 e. The molecular formula is C15H17N3OS. The maximum absolute atomic E-state index is 12.3. The Labute approximate surface area is 122 Å². The Morgan fingerprint density at radius 3 is 2.45 bits per heavy atom. The number of amides is 1. The van der Waals surface area contributed by atoms with Crippen molar-refractivity contribution in [3.63, 3.8) is 0 Å². The summed E-state index contributed by atoms with van der Waals surface area (Å²) in [5.41, 5.74) is 5.45. The first kappa shape index (κ1) is 14.4. The van der Waals surface area contributed by atoms with Crippen molar-refractivity contribution >= 4 is 29.0 Å². The number of carbonyl (C=O) groups is 1. The fourth-order valence-corrected chi connectivity index (χ4v) is 2.25. The molecule has 1 amide bonds. The van der Waals surface area contributed by atoms with E-state index in [4.69, 9.17) is 5.84 Å². The average molecular weight is 287 g/mol. The smallest absolute Gasteiger partial charge is 0.257 e. The summed E-state index contributed by atoms with van der Waals surface area (Å²) >= 11 is 1.66. The minimum atomic E-state index is -0.182. The van der Waals surface area contributed by atoms with Crippen LogP contribution in [-0.2, 0) is 0 Å². The molecule has 104 valence electrons. The van der Waals surface area contributed by atoms with Crippen molar-refractivity contribution in [2.45, 2.75) is 11.8 Å². The molecule has 0 saturated carbocycles. The number of benzene rings is 2. The topological polar surface area (TPSA) is 67.2 Å². The molecule has 0 aliphatic heterocycles. The molecule has 5 heteroatoms. The van der Waals surface area contributed by atoms with Gasteiger partial charge in [0.2, 0.25) is 0 Å². The Balaban J connectivity index is 2.20. The van der Waals surface area contributed by atoms with E-state index < -0.39 is 0 Å². The lowest BCUT2D eigenvalue weighted by Gasteiger charge is -2.11. The van der Waals surface area contributed by atoms with Crippen LogP contribution in [-0.4, -0.2) is 12.2 Å². The maximum atomic E-state index is 12.3. The lowest BCUT2D eigenvalue weighted by molar-refractivity contribution is 0.102. The van der Waals surface area contributed by atoms with Gasteiger partial charge in [-0.3, -0.25) is 10.6 Å². The van der Waals surface area contributed by atoms with Crippen LogP contribution < -0.4 is 16.6 Å². The molecule has 2 aromatic carbocycles. The first-order valence-electron chi connectivity index (χ1n) is 6.16. The number of nitrogen functional groups attached to an aromatic ring is 1. The van der Waals surface area contributed by atoms with E-state index in [0.717, 1.165) is 16.1 Å². The van der Waals surface area contributed by atoms with E-state index in [9.17, 15) is 4.79 Å². The monoisotopic (exact) mass is 287 g/mol. The highest BCUT2D eigenvalue weighted by Crippen LogP contribution is 2.20. The molecule has 0 aliphatic carbocycles. The quantitative estimate of drug-likeness (QED) is 0.459. The van der Waals surface area contributed by atoms with Crippen molar-refractivity contribution in [1.29, 1.82) is 0 Å². The minimum absolute atomic E-state index is 0.182. The number of rotatable bonds is 4. The van der Waals surface area contributed by atoms with Crippen LogP contribution in [0.15, 0.2) is 47.4 Å². The number of thioether (sulfide) groups is 1. The molecule has 0 fully saturated rings. The number of hydrazine groups is 1. The highest BCUT2D eigenvalue weighted by atomic mass is 32.2. The summed E-state index contributed by atoms with van der Waals surface area (Å²) in [6, 6.07) is 13.2. The molecule has 4 nitrogen and oxygen atoms in total. The van der Waals surface area contributed by atoms with Crippen LogP contribution in [0.3, 0.4) is 0 Å². The van der Waals surface area contributed by atoms with Gasteiger partial charge in [-0.15, -0.1) is 11.8 Å². The molecule has 4 N–H and O–H groups in total. The van der Waals surface area contributed by atoms with Gasteiger partial charge in [0, 0.05) is 10.6 Å². The van der Waals surface area contributed by atoms with E-state index in [1.807, 2.05) is 43.5 Å². The van der Waals surface area contributed by atoms with E-state index in [1.54, 1.807) is 23.9 Å². The third kappa shape index (κ3) is 3.31. The molecule has 0 atom stereocenters. The summed E-state index contributed by atoms with van der Waals surface area (Å²) in [6.45, 7) is 1.93. The van der Waals surface area contributed by atoms with Gasteiger partial charge in [0.05, 0.1) is 11.3 Å². The van der Waals surface area contributed by atoms with Gasteiger partial charge < -0.3 is 10.7 Å². The van der Waals surface area contributed by atoms with E-state index in [-0.39, 0.29) is 5.91 Å². The van der Waals surface area contributed by atoms with Gasteiger partial charge in [-0.2, -0.15) is 0 Å². The van der Waals surface area contributed by atoms with Gasteiger partial charge in [-0.1, -0.05) is 11.6 Å². The fourth-order valence-electron chi connectivity index (χ4n) is 1.84. The molecule has 0 saturated heterocycles. The Morgan fingerprint density at radius 2 is 1.85 bits per heavy atom. The Kier molecular flexibility index (Phi) is 4.65. The highest BCUT2D eigenvalue weighted by molar-refractivity contribution is 7.98. The summed E-state index contributed by atoms with van der Waals surface area (Å²) < 4.78 is 0. The van der Waals surface area contributed by atoms with Crippen LogP contribution in [0.5, 0.6) is 0 Å². The highest BCUT2D eigenvalue weighted by Gasteiger charge is 2.11. The van der Waals surface area contributed by atoms with E-state index in [1.165, 1.54) is 0 Å². The maximum Gasteiger partial charge on any atom is 0.257 e. The van der Waals surface area contributed by atoms with Crippen molar-refractivity contribution in [1.82, 2.24) is 0 Å². The number of anilines is 2. The zero-order valence-electron chi connectivity index (χ0n) is 11.4. The van der Waals surface area contributed by atoms with Gasteiger partial charge in [0.1, 0.15) is 0 Å². The molecule has 0 aromatic heterocycles. The predicted octanol–water partition coefficient (Wildman–Crippen LogP) is 3.25. The number of carbonyl (C=O) groups excluding carboxylic acids is 1. The van der Waals surface area contributed by atoms with Crippen LogP contribution >= 0.6 is 11.8 Å². The molecule has 0 spiro atoms. The van der Waals surface area contributed by atoms with Crippen molar-refractivity contribution in [3.8, 4) is 0 Å². The molecule has 0 aliphatic rings. The number of nitrogens with two attached hydrogens (primary N) is 1. The third-order valence-corrected chi connectivity index (χ3v) is 3.67. The number of nitrogens with one attached hydrogen (secondary N) is 2. The number of aryl methyl sites for hydroxylation is 1. The predicted molar refractivity (Wildman–Crippen MR) is 85.2 cm³/mol. The summed E-state index contributed by atoms with van der Waals surface area (Å²) in [5.74, 6) is 5.26. The molecular weight excluding hydrogens is 270 g/mol. The number of hydrogen-bond acceptors (Lipinski definition) is 4. The normalized spacial score (nSPS) is 10.2. The Morgan fingerprint density at radius 1 is 1.15 bits per heavy atom. The van der Waals surface area contributed by atoms with Gasteiger partial charge in [-0.05, 0) is 49.6 Å². The van der Waals surface area contributed by atoms with Crippen molar-refractivity contribution < 1.29 is 4.79 Å². The van der Waals surface area contributed by atoms with Gasteiger partial charge >= 0.3 is 0 Å². The summed E-state index contributed by atoms with van der Waals surface area (Å²) in [5, 5.41) is 2.87. The summed E-state index contributed by atoms with van der Waals surface area (Å²) in [4.78, 5) is 13.4. The van der Waals surface area contributed by atoms with Gasteiger partial charge in [-0.25, -0.2) is 0 Å². The van der Waals surface area contributed by atoms with Gasteiger partial charge in [0.25, 0.3) is 5.91 Å². The first-order chi connectivity index (χ1) is 9.63. The molecule has 0 bridgehead atoms. The molecule has 0 unspecified atom stereocenters. The molecule has 2 aromatic rings. The van der Waals surface area contributed by atoms with E-state index >= 15 is 0 Å².